The maximum absolute atomic E-state index is 13.2. The van der Waals surface area contributed by atoms with Gasteiger partial charge in [0.05, 0.1) is 0 Å². The molecule has 21 heavy (non-hydrogen) atoms. The SMILES string of the molecule is CC1=CC=C(I)CC1(C)S(=O)(=O)n1ccc2cccnc21. The Kier molecular flexibility index (Phi) is 3.48. The van der Waals surface area contributed by atoms with Crippen molar-refractivity contribution < 1.29 is 8.42 Å². The molecule has 1 aliphatic carbocycles. The molecule has 6 heteroatoms. The number of aromatic nitrogens is 2. The van der Waals surface area contributed by atoms with Crippen LogP contribution in [0.15, 0.2) is 51.9 Å². The molecule has 0 radical (unpaired) electrons. The molecule has 2 aromatic rings. The van der Waals surface area contributed by atoms with Crippen molar-refractivity contribution in [2.75, 3.05) is 0 Å². The first-order valence-electron chi connectivity index (χ1n) is 6.57. The minimum Gasteiger partial charge on any atom is -0.237 e. The van der Waals surface area contributed by atoms with Gasteiger partial charge in [-0.1, -0.05) is 17.7 Å². The predicted octanol–water partition coefficient (Wildman–Crippen LogP) is 3.64. The second-order valence-corrected chi connectivity index (χ2v) is 9.03. The summed E-state index contributed by atoms with van der Waals surface area (Å²) in [6, 6.07) is 5.45. The molecule has 2 heterocycles. The molecule has 0 bridgehead atoms. The van der Waals surface area contributed by atoms with Crippen molar-refractivity contribution in [1.29, 1.82) is 0 Å². The van der Waals surface area contributed by atoms with Crippen molar-refractivity contribution in [3.05, 3.63) is 51.9 Å². The maximum Gasteiger partial charge on any atom is 0.249 e. The van der Waals surface area contributed by atoms with Gasteiger partial charge in [0.15, 0.2) is 5.65 Å². The number of pyridine rings is 1. The van der Waals surface area contributed by atoms with Crippen LogP contribution >= 0.6 is 22.6 Å². The summed E-state index contributed by atoms with van der Waals surface area (Å²) in [4.78, 5) is 4.23. The average molecular weight is 414 g/mol. The van der Waals surface area contributed by atoms with Crippen LogP contribution in [0.4, 0.5) is 0 Å². The molecule has 0 spiro atoms. The lowest BCUT2D eigenvalue weighted by molar-refractivity contribution is 0.546. The van der Waals surface area contributed by atoms with E-state index in [1.54, 1.807) is 31.5 Å². The number of fused-ring (bicyclic) bond motifs is 1. The fourth-order valence-electron chi connectivity index (χ4n) is 2.56. The Morgan fingerprint density at radius 3 is 2.86 bits per heavy atom. The van der Waals surface area contributed by atoms with Crippen LogP contribution in [0.25, 0.3) is 11.0 Å². The van der Waals surface area contributed by atoms with Crippen molar-refractivity contribution in [3.63, 3.8) is 0 Å². The minimum atomic E-state index is -3.59. The minimum absolute atomic E-state index is 0.482. The van der Waals surface area contributed by atoms with Crippen molar-refractivity contribution in [1.82, 2.24) is 8.96 Å². The topological polar surface area (TPSA) is 52.0 Å². The quantitative estimate of drug-likeness (QED) is 0.706. The van der Waals surface area contributed by atoms with E-state index in [4.69, 9.17) is 0 Å². The van der Waals surface area contributed by atoms with Crippen LogP contribution in [-0.2, 0) is 10.0 Å². The molecule has 0 N–H and O–H groups in total. The van der Waals surface area contributed by atoms with Crippen LogP contribution in [0.2, 0.25) is 0 Å². The van der Waals surface area contributed by atoms with E-state index in [9.17, 15) is 8.42 Å². The number of nitrogens with zero attached hydrogens (tertiary/aromatic N) is 2. The average Bonchev–Trinajstić information content (AvgIpc) is 2.87. The molecule has 3 rings (SSSR count). The van der Waals surface area contributed by atoms with Gasteiger partial charge in [-0.2, -0.15) is 0 Å². The van der Waals surface area contributed by atoms with E-state index >= 15 is 0 Å². The molecule has 0 fully saturated rings. The summed E-state index contributed by atoms with van der Waals surface area (Å²) >= 11 is 2.20. The number of allylic oxidation sites excluding steroid dienone is 3. The summed E-state index contributed by atoms with van der Waals surface area (Å²) < 4.78 is 27.8. The molecule has 4 nitrogen and oxygen atoms in total. The molecule has 1 unspecified atom stereocenters. The van der Waals surface area contributed by atoms with Crippen molar-refractivity contribution in [2.24, 2.45) is 0 Å². The number of hydrogen-bond donors (Lipinski definition) is 0. The Morgan fingerprint density at radius 1 is 1.33 bits per heavy atom. The second kappa shape index (κ2) is 4.95. The zero-order chi connectivity index (χ0) is 15.3. The smallest absolute Gasteiger partial charge is 0.237 e. The Bertz CT molecular complexity index is 880. The van der Waals surface area contributed by atoms with Gasteiger partial charge in [-0.05, 0) is 58.2 Å². The summed E-state index contributed by atoms with van der Waals surface area (Å²) in [5.41, 5.74) is 1.33. The van der Waals surface area contributed by atoms with Gasteiger partial charge in [-0.15, -0.1) is 0 Å². The first-order chi connectivity index (χ1) is 9.86. The molecule has 110 valence electrons. The van der Waals surface area contributed by atoms with Crippen LogP contribution in [0.5, 0.6) is 0 Å². The van der Waals surface area contributed by atoms with Crippen molar-refractivity contribution in [2.45, 2.75) is 25.0 Å². The summed E-state index contributed by atoms with van der Waals surface area (Å²) in [6.45, 7) is 3.66. The van der Waals surface area contributed by atoms with Gasteiger partial charge in [0.25, 0.3) is 0 Å². The van der Waals surface area contributed by atoms with Gasteiger partial charge >= 0.3 is 0 Å². The fraction of sp³-hybridized carbons (Fsp3) is 0.267. The van der Waals surface area contributed by atoms with Gasteiger partial charge in [-0.25, -0.2) is 17.4 Å². The van der Waals surface area contributed by atoms with Gasteiger partial charge in [0.1, 0.15) is 4.75 Å². The third-order valence-corrected chi connectivity index (χ3v) is 7.26. The molecule has 1 atom stereocenters. The van der Waals surface area contributed by atoms with Crippen LogP contribution in [-0.4, -0.2) is 22.1 Å². The number of halogens is 1. The second-order valence-electron chi connectivity index (χ2n) is 5.40. The fourth-order valence-corrected chi connectivity index (χ4v) is 5.61. The molecule has 0 aromatic carbocycles. The Labute approximate surface area is 137 Å². The van der Waals surface area contributed by atoms with Gasteiger partial charge in [0, 0.05) is 24.2 Å². The summed E-state index contributed by atoms with van der Waals surface area (Å²) in [5, 5.41) is 0.826. The highest BCUT2D eigenvalue weighted by molar-refractivity contribution is 14.1. The first kappa shape index (κ1) is 14.8. The first-order valence-corrected chi connectivity index (χ1v) is 9.09. The number of hydrogen-bond acceptors (Lipinski definition) is 3. The van der Waals surface area contributed by atoms with Crippen LogP contribution in [0, 0.1) is 0 Å². The van der Waals surface area contributed by atoms with Crippen LogP contribution < -0.4 is 0 Å². The normalized spacial score (nSPS) is 23.0. The lowest BCUT2D eigenvalue weighted by Crippen LogP contribution is -2.41. The van der Waals surface area contributed by atoms with E-state index in [0.29, 0.717) is 12.1 Å². The van der Waals surface area contributed by atoms with Gasteiger partial charge < -0.3 is 0 Å². The van der Waals surface area contributed by atoms with Crippen LogP contribution in [0.1, 0.15) is 20.3 Å². The standard InChI is InChI=1S/C15H15IN2O2S/c1-11-5-6-13(16)10-15(11,2)21(19,20)18-9-7-12-4-3-8-17-14(12)18/h3-9H,10H2,1-2H3. The van der Waals surface area contributed by atoms with E-state index in [1.807, 2.05) is 25.1 Å². The molecule has 0 saturated carbocycles. The van der Waals surface area contributed by atoms with Crippen molar-refractivity contribution >= 4 is 43.6 Å². The largest absolute Gasteiger partial charge is 0.249 e. The molecule has 0 saturated heterocycles. The maximum atomic E-state index is 13.2. The Morgan fingerprint density at radius 2 is 2.10 bits per heavy atom. The Hall–Kier alpha value is -1.15. The number of rotatable bonds is 2. The molecule has 0 aliphatic heterocycles. The lowest BCUT2D eigenvalue weighted by Gasteiger charge is -2.32. The van der Waals surface area contributed by atoms with Crippen LogP contribution in [0.3, 0.4) is 0 Å². The Balaban J connectivity index is 2.22. The zero-order valence-electron chi connectivity index (χ0n) is 11.7. The highest BCUT2D eigenvalue weighted by Crippen LogP contribution is 2.40. The highest BCUT2D eigenvalue weighted by Gasteiger charge is 2.44. The lowest BCUT2D eigenvalue weighted by atomic mass is 9.94. The summed E-state index contributed by atoms with van der Waals surface area (Å²) in [6.07, 6.45) is 7.56. The molecular weight excluding hydrogens is 399 g/mol. The molecular formula is C15H15IN2O2S. The highest BCUT2D eigenvalue weighted by atomic mass is 127. The van der Waals surface area contributed by atoms with E-state index in [0.717, 1.165) is 14.5 Å². The molecule has 0 amide bonds. The third-order valence-electron chi connectivity index (χ3n) is 4.10. The van der Waals surface area contributed by atoms with Gasteiger partial charge in [0.2, 0.25) is 10.0 Å². The van der Waals surface area contributed by atoms with E-state index in [2.05, 4.69) is 27.6 Å². The summed E-state index contributed by atoms with van der Waals surface area (Å²) in [5.74, 6) is 0. The third kappa shape index (κ3) is 2.15. The summed E-state index contributed by atoms with van der Waals surface area (Å²) in [7, 11) is -3.59. The van der Waals surface area contributed by atoms with E-state index in [1.165, 1.54) is 3.97 Å². The predicted molar refractivity (Wildman–Crippen MR) is 92.9 cm³/mol. The van der Waals surface area contributed by atoms with Gasteiger partial charge in [-0.3, -0.25) is 0 Å². The van der Waals surface area contributed by atoms with E-state index < -0.39 is 14.8 Å². The van der Waals surface area contributed by atoms with Crippen molar-refractivity contribution in [3.8, 4) is 0 Å². The monoisotopic (exact) mass is 414 g/mol. The zero-order valence-corrected chi connectivity index (χ0v) is 14.7. The molecule has 2 aromatic heterocycles. The molecule has 1 aliphatic rings. The van der Waals surface area contributed by atoms with E-state index in [-0.39, 0.29) is 0 Å².